The molecule has 0 aromatic carbocycles. The molecule has 7 nitrogen and oxygen atoms in total. The molecule has 2 saturated heterocycles. The molecule has 2 saturated carbocycles. The van der Waals surface area contributed by atoms with Crippen molar-refractivity contribution in [2.45, 2.75) is 95.9 Å². The number of urea groups is 1. The summed E-state index contributed by atoms with van der Waals surface area (Å²) in [6.45, 7) is 6.28. The highest BCUT2D eigenvalue weighted by molar-refractivity contribution is 5.80. The average Bonchev–Trinajstić information content (AvgIpc) is 2.82. The zero-order valence-corrected chi connectivity index (χ0v) is 21.1. The van der Waals surface area contributed by atoms with Crippen LogP contribution in [0.15, 0.2) is 0 Å². The second-order valence-corrected chi connectivity index (χ2v) is 11.5. The molecule has 7 unspecified atom stereocenters. The number of rotatable bonds is 5. The van der Waals surface area contributed by atoms with Crippen LogP contribution >= 0.6 is 0 Å². The number of hydrogen-bond acceptors (Lipinski definition) is 4. The van der Waals surface area contributed by atoms with Gasteiger partial charge in [-0.3, -0.25) is 4.79 Å². The van der Waals surface area contributed by atoms with Gasteiger partial charge in [0.25, 0.3) is 0 Å². The second kappa shape index (κ2) is 10.9. The maximum Gasteiger partial charge on any atom is 0.315 e. The molecular weight excluding hydrogens is 416 g/mol. The van der Waals surface area contributed by atoms with E-state index in [0.29, 0.717) is 47.8 Å². The van der Waals surface area contributed by atoms with Gasteiger partial charge in [-0.15, -0.1) is 0 Å². The summed E-state index contributed by atoms with van der Waals surface area (Å²) in [5.74, 6) is 2.39. The van der Waals surface area contributed by atoms with E-state index < -0.39 is 0 Å². The lowest BCUT2D eigenvalue weighted by Crippen LogP contribution is -2.60. The number of likely N-dealkylation sites (tertiary alicyclic amines) is 1. The molecule has 7 atom stereocenters. The van der Waals surface area contributed by atoms with Crippen LogP contribution in [0.2, 0.25) is 0 Å². The summed E-state index contributed by atoms with van der Waals surface area (Å²) in [4.78, 5) is 28.1. The topological polar surface area (TPSA) is 82.7 Å². The van der Waals surface area contributed by atoms with Crippen molar-refractivity contribution in [2.75, 3.05) is 27.2 Å². The van der Waals surface area contributed by atoms with Crippen LogP contribution in [0.5, 0.6) is 0 Å². The Labute approximate surface area is 200 Å². The van der Waals surface area contributed by atoms with Gasteiger partial charge in [-0.05, 0) is 88.4 Å². The highest BCUT2D eigenvalue weighted by atomic mass is 16.5. The van der Waals surface area contributed by atoms with Crippen LogP contribution in [0.25, 0.3) is 0 Å². The Kier molecular flexibility index (Phi) is 8.21. The maximum absolute atomic E-state index is 13.4. The zero-order chi connectivity index (χ0) is 23.5. The van der Waals surface area contributed by atoms with Crippen molar-refractivity contribution in [1.29, 1.82) is 0 Å². The van der Waals surface area contributed by atoms with Crippen LogP contribution in [0.1, 0.15) is 71.6 Å². The number of nitrogens with zero attached hydrogens (tertiary/aromatic N) is 1. The van der Waals surface area contributed by atoms with Crippen LogP contribution in [-0.4, -0.2) is 68.3 Å². The standard InChI is InChI=1S/C26H46N4O3/c1-16-5-8-20(29-26(32)28-14-18-6-9-21(33-4)10-7-18)13-22(16)23-12-19-15-27-17(2)11-24(19)30(3)25(23)31/h16-24,27H,5-15H2,1-4H3,(H2,28,29,32). The quantitative estimate of drug-likeness (QED) is 0.586. The van der Waals surface area contributed by atoms with Gasteiger partial charge in [0.05, 0.1) is 6.10 Å². The summed E-state index contributed by atoms with van der Waals surface area (Å²) >= 11 is 0. The van der Waals surface area contributed by atoms with Gasteiger partial charge in [0.15, 0.2) is 0 Å². The third-order valence-electron chi connectivity index (χ3n) is 9.38. The minimum Gasteiger partial charge on any atom is -0.381 e. The van der Waals surface area contributed by atoms with Crippen molar-refractivity contribution in [2.24, 2.45) is 29.6 Å². The van der Waals surface area contributed by atoms with Gasteiger partial charge in [-0.2, -0.15) is 0 Å². The fourth-order valence-corrected chi connectivity index (χ4v) is 7.15. The second-order valence-electron chi connectivity index (χ2n) is 11.5. The first-order valence-corrected chi connectivity index (χ1v) is 13.4. The minimum atomic E-state index is -0.0419. The van der Waals surface area contributed by atoms with Gasteiger partial charge < -0.3 is 25.6 Å². The summed E-state index contributed by atoms with van der Waals surface area (Å²) < 4.78 is 5.45. The Balaban J connectivity index is 1.28. The summed E-state index contributed by atoms with van der Waals surface area (Å²) in [6.07, 6.45) is 9.85. The largest absolute Gasteiger partial charge is 0.381 e. The Morgan fingerprint density at radius 2 is 1.85 bits per heavy atom. The van der Waals surface area contributed by atoms with Crippen molar-refractivity contribution >= 4 is 11.9 Å². The van der Waals surface area contributed by atoms with Crippen LogP contribution in [0.4, 0.5) is 4.79 Å². The van der Waals surface area contributed by atoms with Gasteiger partial charge in [-0.25, -0.2) is 4.79 Å². The van der Waals surface area contributed by atoms with Crippen LogP contribution in [-0.2, 0) is 9.53 Å². The van der Waals surface area contributed by atoms with Crippen molar-refractivity contribution < 1.29 is 14.3 Å². The van der Waals surface area contributed by atoms with E-state index in [4.69, 9.17) is 4.74 Å². The van der Waals surface area contributed by atoms with Gasteiger partial charge in [0, 0.05) is 51.3 Å². The molecule has 33 heavy (non-hydrogen) atoms. The summed E-state index contributed by atoms with van der Waals surface area (Å²) in [5, 5.41) is 9.99. The molecule has 0 bridgehead atoms. The Morgan fingerprint density at radius 1 is 1.09 bits per heavy atom. The number of carbonyl (C=O) groups is 2. The first-order chi connectivity index (χ1) is 15.9. The van der Waals surface area contributed by atoms with Crippen LogP contribution in [0.3, 0.4) is 0 Å². The van der Waals surface area contributed by atoms with E-state index in [2.05, 4.69) is 34.7 Å². The number of fused-ring (bicyclic) bond motifs is 1. The van der Waals surface area contributed by atoms with E-state index in [9.17, 15) is 9.59 Å². The zero-order valence-electron chi connectivity index (χ0n) is 21.1. The number of amides is 3. The molecule has 3 N–H and O–H groups in total. The third-order valence-corrected chi connectivity index (χ3v) is 9.38. The smallest absolute Gasteiger partial charge is 0.315 e. The predicted molar refractivity (Wildman–Crippen MR) is 130 cm³/mol. The molecular formula is C26H46N4O3. The molecule has 0 aromatic rings. The summed E-state index contributed by atoms with van der Waals surface area (Å²) in [6, 6.07) is 0.979. The molecule has 2 aliphatic carbocycles. The SMILES string of the molecule is COC1CCC(CNC(=O)NC2CCC(C)C(C3CC4CNC(C)CC4N(C)C3=O)C2)CC1. The molecule has 0 aromatic heterocycles. The minimum absolute atomic E-state index is 0.0419. The van der Waals surface area contributed by atoms with Crippen molar-refractivity contribution in [1.82, 2.24) is 20.9 Å². The summed E-state index contributed by atoms with van der Waals surface area (Å²) in [5.41, 5.74) is 0. The number of methoxy groups -OCH3 is 1. The molecule has 0 radical (unpaired) electrons. The lowest BCUT2D eigenvalue weighted by molar-refractivity contribution is -0.148. The van der Waals surface area contributed by atoms with Gasteiger partial charge >= 0.3 is 6.03 Å². The Bertz CT molecular complexity index is 680. The molecule has 4 fully saturated rings. The van der Waals surface area contributed by atoms with Gasteiger partial charge in [-0.1, -0.05) is 6.92 Å². The molecule has 7 heteroatoms. The van der Waals surface area contributed by atoms with Crippen molar-refractivity contribution in [3.63, 3.8) is 0 Å². The van der Waals surface area contributed by atoms with Crippen molar-refractivity contribution in [3.8, 4) is 0 Å². The Morgan fingerprint density at radius 3 is 2.58 bits per heavy atom. The van der Waals surface area contributed by atoms with Crippen molar-refractivity contribution in [3.05, 3.63) is 0 Å². The predicted octanol–water partition coefficient (Wildman–Crippen LogP) is 3.14. The van der Waals surface area contributed by atoms with E-state index >= 15 is 0 Å². The number of carbonyl (C=O) groups excluding carboxylic acids is 2. The number of ether oxygens (including phenoxy) is 1. The van der Waals surface area contributed by atoms with E-state index in [1.807, 2.05) is 7.05 Å². The molecule has 188 valence electrons. The highest BCUT2D eigenvalue weighted by Gasteiger charge is 2.47. The lowest BCUT2D eigenvalue weighted by atomic mass is 9.65. The molecule has 3 amide bonds. The molecule has 4 aliphatic rings. The average molecular weight is 463 g/mol. The van der Waals surface area contributed by atoms with Gasteiger partial charge in [0.2, 0.25) is 5.91 Å². The van der Waals surface area contributed by atoms with E-state index in [1.54, 1.807) is 7.11 Å². The first kappa shape index (κ1) is 24.8. The number of hydrogen-bond donors (Lipinski definition) is 3. The maximum atomic E-state index is 13.4. The van der Waals surface area contributed by atoms with Gasteiger partial charge in [0.1, 0.15) is 0 Å². The molecule has 2 aliphatic heterocycles. The molecule has 2 heterocycles. The van der Waals surface area contributed by atoms with E-state index in [-0.39, 0.29) is 18.0 Å². The van der Waals surface area contributed by atoms with Crippen LogP contribution < -0.4 is 16.0 Å². The Hall–Kier alpha value is -1.34. The lowest BCUT2D eigenvalue weighted by Gasteiger charge is -2.50. The molecule has 4 rings (SSSR count). The fraction of sp³-hybridized carbons (Fsp3) is 0.923. The molecule has 0 spiro atoms. The highest BCUT2D eigenvalue weighted by Crippen LogP contribution is 2.43. The van der Waals surface area contributed by atoms with E-state index in [1.165, 1.54) is 0 Å². The van der Waals surface area contributed by atoms with E-state index in [0.717, 1.165) is 70.9 Å². The fourth-order valence-electron chi connectivity index (χ4n) is 7.15. The number of piperidine rings is 2. The first-order valence-electron chi connectivity index (χ1n) is 13.4. The van der Waals surface area contributed by atoms with Crippen LogP contribution in [0, 0.1) is 29.6 Å². The monoisotopic (exact) mass is 462 g/mol. The summed E-state index contributed by atoms with van der Waals surface area (Å²) in [7, 11) is 3.81. The number of nitrogens with one attached hydrogen (secondary N) is 3. The third kappa shape index (κ3) is 5.84. The normalized spacial score (nSPS) is 41.9.